The summed E-state index contributed by atoms with van der Waals surface area (Å²) in [5.41, 5.74) is 3.21. The number of anilines is 1. The summed E-state index contributed by atoms with van der Waals surface area (Å²) in [6.07, 6.45) is 1.61. The summed E-state index contributed by atoms with van der Waals surface area (Å²) in [4.78, 5) is 32.2. The molecule has 1 fully saturated rings. The number of aliphatic hydroxyl groups excluding tert-OH is 1. The molecule has 3 aromatic rings. The maximum absolute atomic E-state index is 13.2. The van der Waals surface area contributed by atoms with E-state index >= 15 is 0 Å². The second-order valence-corrected chi connectivity index (χ2v) is 7.62. The number of nitrogens with zero attached hydrogens (tertiary/aromatic N) is 2. The predicted octanol–water partition coefficient (Wildman–Crippen LogP) is 4.72. The highest BCUT2D eigenvalue weighted by atomic mass is 16.5. The number of aliphatic hydroxyl groups is 1. The molecule has 0 spiro atoms. The van der Waals surface area contributed by atoms with Crippen LogP contribution in [0.25, 0.3) is 5.76 Å². The SMILES string of the molecule is CCOc1ccc(/C(O)=C2/C(=O)C(=O)N(c3ccccc3C)C2c2ccccn2)cc1C. The number of hydrogen-bond donors (Lipinski definition) is 1. The number of amides is 1. The van der Waals surface area contributed by atoms with E-state index in [1.165, 1.54) is 4.90 Å². The minimum Gasteiger partial charge on any atom is -0.507 e. The number of carbonyl (C=O) groups excluding carboxylic acids is 2. The Labute approximate surface area is 186 Å². The number of ketones is 1. The zero-order chi connectivity index (χ0) is 22.8. The highest BCUT2D eigenvalue weighted by Gasteiger charge is 2.47. The van der Waals surface area contributed by atoms with Crippen LogP contribution in [0, 0.1) is 13.8 Å². The molecule has 2 aromatic carbocycles. The van der Waals surface area contributed by atoms with Gasteiger partial charge in [-0.3, -0.25) is 19.5 Å². The lowest BCUT2D eigenvalue weighted by molar-refractivity contribution is -0.132. The topological polar surface area (TPSA) is 79.7 Å². The number of hydrogen-bond acceptors (Lipinski definition) is 5. The van der Waals surface area contributed by atoms with Gasteiger partial charge in [0, 0.05) is 17.4 Å². The van der Waals surface area contributed by atoms with Crippen molar-refractivity contribution in [3.05, 3.63) is 94.8 Å². The van der Waals surface area contributed by atoms with Crippen molar-refractivity contribution in [1.82, 2.24) is 4.98 Å². The lowest BCUT2D eigenvalue weighted by atomic mass is 9.97. The Morgan fingerprint density at radius 2 is 1.78 bits per heavy atom. The van der Waals surface area contributed by atoms with Gasteiger partial charge in [0.25, 0.3) is 11.7 Å². The van der Waals surface area contributed by atoms with E-state index in [0.29, 0.717) is 29.3 Å². The minimum atomic E-state index is -0.843. The van der Waals surface area contributed by atoms with Gasteiger partial charge in [-0.15, -0.1) is 0 Å². The third-order valence-electron chi connectivity index (χ3n) is 5.54. The van der Waals surface area contributed by atoms with Gasteiger partial charge < -0.3 is 9.84 Å². The number of rotatable bonds is 5. The average Bonchev–Trinajstić information content (AvgIpc) is 3.06. The standard InChI is InChI=1S/C26H24N2O4/c1-4-32-21-13-12-18(15-17(21)3)24(29)22-23(19-10-7-8-14-27-19)28(26(31)25(22)30)20-11-6-5-9-16(20)2/h5-15,23,29H,4H2,1-3H3/b24-22-. The monoisotopic (exact) mass is 428 g/mol. The number of Topliss-reactive ketones (excluding diaryl/α,β-unsaturated/α-hetero) is 1. The van der Waals surface area contributed by atoms with Crippen molar-refractivity contribution in [1.29, 1.82) is 0 Å². The molecule has 0 saturated carbocycles. The Bertz CT molecular complexity index is 1220. The first-order chi connectivity index (χ1) is 15.4. The lowest BCUT2D eigenvalue weighted by Crippen LogP contribution is -2.30. The third kappa shape index (κ3) is 3.64. The van der Waals surface area contributed by atoms with Crippen LogP contribution in [0.5, 0.6) is 5.75 Å². The smallest absolute Gasteiger partial charge is 0.300 e. The van der Waals surface area contributed by atoms with Gasteiger partial charge in [0.05, 0.1) is 17.9 Å². The van der Waals surface area contributed by atoms with E-state index in [0.717, 1.165) is 11.1 Å². The van der Waals surface area contributed by atoms with Gasteiger partial charge >= 0.3 is 0 Å². The number of ether oxygens (including phenoxy) is 1. The molecule has 1 unspecified atom stereocenters. The zero-order valence-corrected chi connectivity index (χ0v) is 18.2. The first kappa shape index (κ1) is 21.3. The molecule has 1 amide bonds. The molecular weight excluding hydrogens is 404 g/mol. The number of carbonyl (C=O) groups is 2. The van der Waals surface area contributed by atoms with Gasteiger partial charge in [-0.2, -0.15) is 0 Å². The summed E-state index contributed by atoms with van der Waals surface area (Å²) in [6.45, 7) is 6.16. The quantitative estimate of drug-likeness (QED) is 0.361. The molecule has 2 heterocycles. The van der Waals surface area contributed by atoms with Gasteiger partial charge in [0.2, 0.25) is 0 Å². The predicted molar refractivity (Wildman–Crippen MR) is 123 cm³/mol. The summed E-state index contributed by atoms with van der Waals surface area (Å²) in [5, 5.41) is 11.2. The van der Waals surface area contributed by atoms with Gasteiger partial charge in [-0.25, -0.2) is 0 Å². The number of para-hydroxylation sites is 1. The molecular formula is C26H24N2O4. The van der Waals surface area contributed by atoms with Crippen molar-refractivity contribution < 1.29 is 19.4 Å². The van der Waals surface area contributed by atoms with E-state index in [1.807, 2.05) is 39.0 Å². The van der Waals surface area contributed by atoms with E-state index in [1.54, 1.807) is 48.7 Å². The molecule has 0 bridgehead atoms. The van der Waals surface area contributed by atoms with E-state index in [2.05, 4.69) is 4.98 Å². The normalized spacial score (nSPS) is 17.6. The van der Waals surface area contributed by atoms with Gasteiger partial charge in [0.15, 0.2) is 0 Å². The number of aromatic nitrogens is 1. The van der Waals surface area contributed by atoms with E-state index in [9.17, 15) is 14.7 Å². The largest absolute Gasteiger partial charge is 0.507 e. The van der Waals surface area contributed by atoms with Crippen LogP contribution in [-0.2, 0) is 9.59 Å². The van der Waals surface area contributed by atoms with Crippen LogP contribution in [0.1, 0.15) is 35.3 Å². The Balaban J connectivity index is 1.92. The van der Waals surface area contributed by atoms with E-state index in [4.69, 9.17) is 4.74 Å². The molecule has 1 atom stereocenters. The molecule has 1 aliphatic rings. The molecule has 0 aliphatic carbocycles. The van der Waals surface area contributed by atoms with Crippen LogP contribution < -0.4 is 9.64 Å². The summed E-state index contributed by atoms with van der Waals surface area (Å²) < 4.78 is 5.58. The van der Waals surface area contributed by atoms with Crippen molar-refractivity contribution in [2.45, 2.75) is 26.8 Å². The summed E-state index contributed by atoms with van der Waals surface area (Å²) in [6, 6.07) is 17.0. The van der Waals surface area contributed by atoms with Crippen LogP contribution in [0.4, 0.5) is 5.69 Å². The van der Waals surface area contributed by atoms with E-state index < -0.39 is 17.7 Å². The van der Waals surface area contributed by atoms with Gasteiger partial charge in [0.1, 0.15) is 17.6 Å². The fraction of sp³-hybridized carbons (Fsp3) is 0.192. The second-order valence-electron chi connectivity index (χ2n) is 7.62. The summed E-state index contributed by atoms with van der Waals surface area (Å²) in [7, 11) is 0. The molecule has 4 rings (SSSR count). The number of aryl methyl sites for hydroxylation is 2. The number of pyridine rings is 1. The average molecular weight is 428 g/mol. The summed E-state index contributed by atoms with van der Waals surface area (Å²) in [5.74, 6) is -0.973. The molecule has 1 saturated heterocycles. The van der Waals surface area contributed by atoms with Crippen LogP contribution in [0.2, 0.25) is 0 Å². The Kier molecular flexibility index (Phi) is 5.77. The molecule has 32 heavy (non-hydrogen) atoms. The third-order valence-corrected chi connectivity index (χ3v) is 5.54. The Hall–Kier alpha value is -3.93. The van der Waals surface area contributed by atoms with Crippen LogP contribution in [0.15, 0.2) is 72.4 Å². The van der Waals surface area contributed by atoms with E-state index in [-0.39, 0.29) is 11.3 Å². The lowest BCUT2D eigenvalue weighted by Gasteiger charge is -2.26. The zero-order valence-electron chi connectivity index (χ0n) is 18.2. The van der Waals surface area contributed by atoms with Crippen molar-refractivity contribution >= 4 is 23.1 Å². The van der Waals surface area contributed by atoms with Crippen molar-refractivity contribution in [3.63, 3.8) is 0 Å². The molecule has 1 N–H and O–H groups in total. The van der Waals surface area contributed by atoms with Crippen LogP contribution in [-0.4, -0.2) is 28.4 Å². The van der Waals surface area contributed by atoms with Gasteiger partial charge in [-0.05, 0) is 68.3 Å². The van der Waals surface area contributed by atoms with Gasteiger partial charge in [-0.1, -0.05) is 24.3 Å². The van der Waals surface area contributed by atoms with Crippen LogP contribution in [0.3, 0.4) is 0 Å². The maximum atomic E-state index is 13.2. The maximum Gasteiger partial charge on any atom is 0.300 e. The Morgan fingerprint density at radius 1 is 1.03 bits per heavy atom. The molecule has 6 nitrogen and oxygen atoms in total. The Morgan fingerprint density at radius 3 is 2.44 bits per heavy atom. The second kappa shape index (κ2) is 8.67. The first-order valence-corrected chi connectivity index (χ1v) is 10.5. The van der Waals surface area contributed by atoms with Crippen molar-refractivity contribution in [2.75, 3.05) is 11.5 Å². The summed E-state index contributed by atoms with van der Waals surface area (Å²) >= 11 is 0. The minimum absolute atomic E-state index is 0.0144. The first-order valence-electron chi connectivity index (χ1n) is 10.5. The highest BCUT2D eigenvalue weighted by Crippen LogP contribution is 2.42. The van der Waals surface area contributed by atoms with Crippen LogP contribution >= 0.6 is 0 Å². The molecule has 0 radical (unpaired) electrons. The number of benzene rings is 2. The molecule has 162 valence electrons. The fourth-order valence-corrected chi connectivity index (χ4v) is 4.00. The fourth-order valence-electron chi connectivity index (χ4n) is 4.00. The highest BCUT2D eigenvalue weighted by molar-refractivity contribution is 6.51. The van der Waals surface area contributed by atoms with Crippen molar-refractivity contribution in [2.24, 2.45) is 0 Å². The molecule has 1 aliphatic heterocycles. The molecule has 6 heteroatoms. The molecule has 1 aromatic heterocycles. The van der Waals surface area contributed by atoms with Crippen molar-refractivity contribution in [3.8, 4) is 5.75 Å².